The van der Waals surface area contributed by atoms with E-state index >= 15 is 0 Å². The number of likely N-dealkylation sites (N-methyl/N-ethyl adjacent to an activating group) is 1. The van der Waals surface area contributed by atoms with Crippen molar-refractivity contribution in [1.82, 2.24) is 15.5 Å². The van der Waals surface area contributed by atoms with Crippen LogP contribution < -0.4 is 15.4 Å². The minimum absolute atomic E-state index is 0.0245. The largest absolute Gasteiger partial charge is 0.492 e. The molecular formula is C17H27N3O3. The molecule has 1 aliphatic rings. The van der Waals surface area contributed by atoms with Crippen LogP contribution in [0.5, 0.6) is 5.75 Å². The maximum absolute atomic E-state index is 12.2. The van der Waals surface area contributed by atoms with Crippen LogP contribution in [0.1, 0.15) is 12.5 Å². The fourth-order valence-electron chi connectivity index (χ4n) is 2.38. The van der Waals surface area contributed by atoms with Gasteiger partial charge in [0, 0.05) is 19.6 Å². The zero-order valence-electron chi connectivity index (χ0n) is 14.2. The molecule has 0 saturated carbocycles. The van der Waals surface area contributed by atoms with Crippen molar-refractivity contribution in [2.75, 3.05) is 40.4 Å². The molecule has 1 aromatic rings. The molecule has 0 spiro atoms. The molecule has 1 aliphatic heterocycles. The Kier molecular flexibility index (Phi) is 6.83. The number of hydrogen-bond acceptors (Lipinski definition) is 5. The summed E-state index contributed by atoms with van der Waals surface area (Å²) in [7, 11) is 4.03. The average molecular weight is 321 g/mol. The number of hydrogen-bond donors (Lipinski definition) is 2. The van der Waals surface area contributed by atoms with Crippen LogP contribution in [0.25, 0.3) is 0 Å². The Hall–Kier alpha value is -1.63. The van der Waals surface area contributed by atoms with Gasteiger partial charge < -0.3 is 25.0 Å². The maximum atomic E-state index is 12.2. The number of morpholine rings is 1. The number of ether oxygens (including phenoxy) is 2. The first-order valence-corrected chi connectivity index (χ1v) is 8.05. The van der Waals surface area contributed by atoms with Crippen LogP contribution in [0.4, 0.5) is 0 Å². The molecule has 2 N–H and O–H groups in total. The highest BCUT2D eigenvalue weighted by Gasteiger charge is 2.27. The van der Waals surface area contributed by atoms with E-state index in [0.29, 0.717) is 26.3 Å². The molecule has 2 rings (SSSR count). The highest BCUT2D eigenvalue weighted by atomic mass is 16.5. The van der Waals surface area contributed by atoms with E-state index < -0.39 is 0 Å². The number of amides is 1. The van der Waals surface area contributed by atoms with E-state index in [1.807, 2.05) is 45.3 Å². The molecule has 128 valence electrons. The van der Waals surface area contributed by atoms with E-state index in [1.54, 1.807) is 0 Å². The van der Waals surface area contributed by atoms with Crippen LogP contribution in [0, 0.1) is 0 Å². The van der Waals surface area contributed by atoms with Crippen molar-refractivity contribution in [3.05, 3.63) is 29.8 Å². The Morgan fingerprint density at radius 2 is 2.13 bits per heavy atom. The standard InChI is InChI=1S/C17H27N3O3/c1-13-16(18-8-10-22-13)17(21)19-12-14-4-6-15(7-5-14)23-11-9-20(2)3/h4-7,13,16,18H,8-12H2,1-3H3,(H,19,21)/t13-,16+/m1/s1. The fraction of sp³-hybridized carbons (Fsp3) is 0.588. The van der Waals surface area contributed by atoms with Crippen LogP contribution in [0.15, 0.2) is 24.3 Å². The first kappa shape index (κ1) is 17.7. The molecule has 6 heteroatoms. The molecule has 0 aromatic heterocycles. The fourth-order valence-corrected chi connectivity index (χ4v) is 2.38. The van der Waals surface area contributed by atoms with Crippen molar-refractivity contribution < 1.29 is 14.3 Å². The Morgan fingerprint density at radius 3 is 2.78 bits per heavy atom. The monoisotopic (exact) mass is 321 g/mol. The quantitative estimate of drug-likeness (QED) is 0.771. The predicted molar refractivity (Wildman–Crippen MR) is 89.5 cm³/mol. The Labute approximate surface area is 138 Å². The van der Waals surface area contributed by atoms with Gasteiger partial charge in [-0.05, 0) is 38.7 Å². The second-order valence-electron chi connectivity index (χ2n) is 6.02. The molecule has 2 atom stereocenters. The van der Waals surface area contributed by atoms with Crippen molar-refractivity contribution in [3.63, 3.8) is 0 Å². The minimum atomic E-state index is -0.280. The predicted octanol–water partition coefficient (Wildman–Crippen LogP) is 0.620. The Balaban J connectivity index is 1.76. The number of carbonyl (C=O) groups excluding carboxylic acids is 1. The second-order valence-corrected chi connectivity index (χ2v) is 6.02. The number of carbonyl (C=O) groups is 1. The van der Waals surface area contributed by atoms with E-state index in [-0.39, 0.29) is 18.1 Å². The van der Waals surface area contributed by atoms with Gasteiger partial charge in [-0.1, -0.05) is 12.1 Å². The number of nitrogens with one attached hydrogen (secondary N) is 2. The van der Waals surface area contributed by atoms with Gasteiger partial charge in [0.2, 0.25) is 5.91 Å². The lowest BCUT2D eigenvalue weighted by molar-refractivity contribution is -0.129. The van der Waals surface area contributed by atoms with Crippen molar-refractivity contribution >= 4 is 5.91 Å². The summed E-state index contributed by atoms with van der Waals surface area (Å²) in [6, 6.07) is 7.53. The van der Waals surface area contributed by atoms with Crippen molar-refractivity contribution in [2.24, 2.45) is 0 Å². The van der Waals surface area contributed by atoms with Crippen LogP contribution in [-0.2, 0) is 16.1 Å². The average Bonchev–Trinajstić information content (AvgIpc) is 2.54. The normalized spacial score (nSPS) is 21.2. The molecule has 1 fully saturated rings. The third-order valence-corrected chi connectivity index (χ3v) is 3.80. The van der Waals surface area contributed by atoms with Gasteiger partial charge in [0.1, 0.15) is 18.4 Å². The lowest BCUT2D eigenvalue weighted by Gasteiger charge is -2.29. The minimum Gasteiger partial charge on any atom is -0.492 e. The van der Waals surface area contributed by atoms with Gasteiger partial charge in [-0.3, -0.25) is 4.79 Å². The van der Waals surface area contributed by atoms with Gasteiger partial charge in [0.25, 0.3) is 0 Å². The zero-order valence-corrected chi connectivity index (χ0v) is 14.2. The van der Waals surface area contributed by atoms with Gasteiger partial charge in [0.15, 0.2) is 0 Å². The van der Waals surface area contributed by atoms with E-state index in [2.05, 4.69) is 15.5 Å². The number of rotatable bonds is 7. The molecular weight excluding hydrogens is 294 g/mol. The van der Waals surface area contributed by atoms with E-state index in [4.69, 9.17) is 9.47 Å². The van der Waals surface area contributed by atoms with Crippen molar-refractivity contribution in [2.45, 2.75) is 25.6 Å². The summed E-state index contributed by atoms with van der Waals surface area (Å²) in [4.78, 5) is 14.2. The number of nitrogens with zero attached hydrogens (tertiary/aromatic N) is 1. The molecule has 0 aliphatic carbocycles. The van der Waals surface area contributed by atoms with E-state index in [0.717, 1.165) is 17.9 Å². The lowest BCUT2D eigenvalue weighted by Crippen LogP contribution is -2.55. The Bertz CT molecular complexity index is 490. The van der Waals surface area contributed by atoms with Crippen LogP contribution >= 0.6 is 0 Å². The third-order valence-electron chi connectivity index (χ3n) is 3.80. The molecule has 23 heavy (non-hydrogen) atoms. The molecule has 0 unspecified atom stereocenters. The molecule has 6 nitrogen and oxygen atoms in total. The van der Waals surface area contributed by atoms with Crippen LogP contribution in [-0.4, -0.2) is 63.4 Å². The van der Waals surface area contributed by atoms with E-state index in [1.165, 1.54) is 0 Å². The maximum Gasteiger partial charge on any atom is 0.240 e. The summed E-state index contributed by atoms with van der Waals surface area (Å²) in [5, 5.41) is 6.13. The SMILES string of the molecule is C[C@H]1OCCN[C@@H]1C(=O)NCc1ccc(OCCN(C)C)cc1. The summed E-state index contributed by atoms with van der Waals surface area (Å²) >= 11 is 0. The van der Waals surface area contributed by atoms with Crippen molar-refractivity contribution in [1.29, 1.82) is 0 Å². The molecule has 0 radical (unpaired) electrons. The summed E-state index contributed by atoms with van der Waals surface area (Å²) in [6.07, 6.45) is -0.101. The molecule has 1 heterocycles. The summed E-state index contributed by atoms with van der Waals surface area (Å²) in [6.45, 7) is 5.32. The van der Waals surface area contributed by atoms with Gasteiger partial charge >= 0.3 is 0 Å². The second kappa shape index (κ2) is 8.86. The first-order chi connectivity index (χ1) is 11.1. The van der Waals surface area contributed by atoms with Crippen LogP contribution in [0.2, 0.25) is 0 Å². The summed E-state index contributed by atoms with van der Waals surface area (Å²) in [5.74, 6) is 0.821. The molecule has 1 saturated heterocycles. The van der Waals surface area contributed by atoms with Gasteiger partial charge in [-0.2, -0.15) is 0 Å². The summed E-state index contributed by atoms with van der Waals surface area (Å²) in [5.41, 5.74) is 1.04. The summed E-state index contributed by atoms with van der Waals surface area (Å²) < 4.78 is 11.1. The molecule has 0 bridgehead atoms. The Morgan fingerprint density at radius 1 is 1.39 bits per heavy atom. The van der Waals surface area contributed by atoms with Gasteiger partial charge in [0.05, 0.1) is 12.7 Å². The third kappa shape index (κ3) is 5.82. The van der Waals surface area contributed by atoms with E-state index in [9.17, 15) is 4.79 Å². The topological polar surface area (TPSA) is 62.8 Å². The highest BCUT2D eigenvalue weighted by Crippen LogP contribution is 2.12. The highest BCUT2D eigenvalue weighted by molar-refractivity contribution is 5.82. The molecule has 1 aromatic carbocycles. The van der Waals surface area contributed by atoms with Gasteiger partial charge in [-0.15, -0.1) is 0 Å². The smallest absolute Gasteiger partial charge is 0.240 e. The van der Waals surface area contributed by atoms with Gasteiger partial charge in [-0.25, -0.2) is 0 Å². The van der Waals surface area contributed by atoms with Crippen molar-refractivity contribution in [3.8, 4) is 5.75 Å². The number of benzene rings is 1. The van der Waals surface area contributed by atoms with Crippen LogP contribution in [0.3, 0.4) is 0 Å². The lowest BCUT2D eigenvalue weighted by atomic mass is 10.1. The first-order valence-electron chi connectivity index (χ1n) is 8.05. The zero-order chi connectivity index (χ0) is 16.7. The molecule has 1 amide bonds.